The van der Waals surface area contributed by atoms with Crippen molar-refractivity contribution < 1.29 is 8.95 Å². The van der Waals surface area contributed by atoms with Crippen molar-refractivity contribution in [2.45, 2.75) is 50.0 Å². The van der Waals surface area contributed by atoms with E-state index >= 15 is 0 Å². The number of hydrogen-bond acceptors (Lipinski definition) is 4. The SMILES string of the molecule is C[C@H](N)CS(=N)(=O)c1cccc(OCC2CCCCC2)c1. The number of rotatable bonds is 6. The maximum atomic E-state index is 12.4. The maximum absolute atomic E-state index is 12.4. The zero-order valence-electron chi connectivity index (χ0n) is 12.7. The summed E-state index contributed by atoms with van der Waals surface area (Å²) in [6.07, 6.45) is 6.40. The summed E-state index contributed by atoms with van der Waals surface area (Å²) in [7, 11) is -2.83. The van der Waals surface area contributed by atoms with E-state index in [1.807, 2.05) is 6.07 Å². The molecule has 0 saturated heterocycles. The number of benzene rings is 1. The van der Waals surface area contributed by atoms with Crippen LogP contribution in [0.3, 0.4) is 0 Å². The Labute approximate surface area is 128 Å². The fraction of sp³-hybridized carbons (Fsp3) is 0.625. The average Bonchev–Trinajstić information content (AvgIpc) is 2.45. The summed E-state index contributed by atoms with van der Waals surface area (Å²) in [4.78, 5) is 0.515. The van der Waals surface area contributed by atoms with E-state index in [9.17, 15) is 4.21 Å². The molecule has 1 unspecified atom stereocenters. The molecule has 0 amide bonds. The minimum Gasteiger partial charge on any atom is -0.493 e. The van der Waals surface area contributed by atoms with E-state index in [-0.39, 0.29) is 11.8 Å². The Hall–Kier alpha value is -1.07. The first-order valence-corrected chi connectivity index (χ1v) is 9.45. The van der Waals surface area contributed by atoms with Gasteiger partial charge in [-0.1, -0.05) is 25.3 Å². The first-order valence-electron chi connectivity index (χ1n) is 7.72. The summed E-state index contributed by atoms with van der Waals surface area (Å²) in [6.45, 7) is 2.49. The highest BCUT2D eigenvalue weighted by atomic mass is 32.2. The molecule has 1 saturated carbocycles. The molecule has 1 aromatic carbocycles. The van der Waals surface area contributed by atoms with Gasteiger partial charge in [0.15, 0.2) is 0 Å². The van der Waals surface area contributed by atoms with Gasteiger partial charge in [0, 0.05) is 6.04 Å². The molecule has 2 atom stereocenters. The molecule has 0 bridgehead atoms. The van der Waals surface area contributed by atoms with E-state index in [1.165, 1.54) is 32.1 Å². The second-order valence-electron chi connectivity index (χ2n) is 6.11. The molecular formula is C16H26N2O2S. The molecule has 0 aromatic heterocycles. The number of hydrogen-bond donors (Lipinski definition) is 2. The number of nitrogens with one attached hydrogen (secondary N) is 1. The van der Waals surface area contributed by atoms with E-state index in [1.54, 1.807) is 25.1 Å². The van der Waals surface area contributed by atoms with E-state index in [4.69, 9.17) is 15.3 Å². The normalized spacial score (nSPS) is 20.7. The average molecular weight is 310 g/mol. The van der Waals surface area contributed by atoms with Gasteiger partial charge in [-0.15, -0.1) is 0 Å². The molecule has 0 aliphatic heterocycles. The molecule has 118 valence electrons. The van der Waals surface area contributed by atoms with Crippen LogP contribution in [0.4, 0.5) is 0 Å². The molecular weight excluding hydrogens is 284 g/mol. The minimum absolute atomic E-state index is 0.180. The van der Waals surface area contributed by atoms with Crippen molar-refractivity contribution in [3.63, 3.8) is 0 Å². The predicted octanol–water partition coefficient (Wildman–Crippen LogP) is 3.40. The standard InChI is InChI=1S/C16H26N2O2S/c1-13(17)12-21(18,19)16-9-5-8-15(10-16)20-11-14-6-3-2-4-7-14/h5,8-10,13-14,18H,2-4,6-7,11-12,17H2,1H3/t13-,21?/m0/s1. The van der Waals surface area contributed by atoms with Crippen molar-refractivity contribution in [2.24, 2.45) is 11.7 Å². The predicted molar refractivity (Wildman–Crippen MR) is 86.2 cm³/mol. The molecule has 5 heteroatoms. The second kappa shape index (κ2) is 7.27. The molecule has 1 aliphatic rings. The lowest BCUT2D eigenvalue weighted by atomic mass is 9.90. The summed E-state index contributed by atoms with van der Waals surface area (Å²) in [5.74, 6) is 1.52. The molecule has 21 heavy (non-hydrogen) atoms. The summed E-state index contributed by atoms with van der Waals surface area (Å²) in [6, 6.07) is 6.89. The fourth-order valence-electron chi connectivity index (χ4n) is 2.80. The highest BCUT2D eigenvalue weighted by Crippen LogP contribution is 2.25. The third kappa shape index (κ3) is 5.00. The third-order valence-corrected chi connectivity index (χ3v) is 5.90. The molecule has 3 N–H and O–H groups in total. The zero-order valence-corrected chi connectivity index (χ0v) is 13.5. The highest BCUT2D eigenvalue weighted by Gasteiger charge is 2.16. The monoisotopic (exact) mass is 310 g/mol. The van der Waals surface area contributed by atoms with Crippen molar-refractivity contribution in [1.29, 1.82) is 4.78 Å². The third-order valence-electron chi connectivity index (χ3n) is 3.89. The lowest BCUT2D eigenvalue weighted by Crippen LogP contribution is -2.25. The smallest absolute Gasteiger partial charge is 0.120 e. The molecule has 0 heterocycles. The van der Waals surface area contributed by atoms with Crippen LogP contribution in [-0.2, 0) is 9.73 Å². The zero-order chi connectivity index (χ0) is 15.3. The van der Waals surface area contributed by atoms with Crippen molar-refractivity contribution in [2.75, 3.05) is 12.4 Å². The minimum atomic E-state index is -2.83. The van der Waals surface area contributed by atoms with Crippen LogP contribution >= 0.6 is 0 Å². The van der Waals surface area contributed by atoms with Gasteiger partial charge in [-0.2, -0.15) is 0 Å². The van der Waals surface area contributed by atoms with Gasteiger partial charge in [-0.05, 0) is 43.9 Å². The largest absolute Gasteiger partial charge is 0.493 e. The molecule has 0 spiro atoms. The molecule has 2 rings (SSSR count). The molecule has 1 aromatic rings. The summed E-state index contributed by atoms with van der Waals surface area (Å²) >= 11 is 0. The van der Waals surface area contributed by atoms with Crippen molar-refractivity contribution in [3.8, 4) is 5.75 Å². The Balaban J connectivity index is 2.00. The molecule has 0 radical (unpaired) electrons. The topological polar surface area (TPSA) is 76.2 Å². The van der Waals surface area contributed by atoms with E-state index in [2.05, 4.69) is 0 Å². The quantitative estimate of drug-likeness (QED) is 0.845. The van der Waals surface area contributed by atoms with Crippen LogP contribution in [-0.4, -0.2) is 22.6 Å². The maximum Gasteiger partial charge on any atom is 0.120 e. The van der Waals surface area contributed by atoms with Gasteiger partial charge < -0.3 is 10.5 Å². The first-order chi connectivity index (χ1) is 9.97. The van der Waals surface area contributed by atoms with Gasteiger partial charge in [-0.25, -0.2) is 8.99 Å². The van der Waals surface area contributed by atoms with E-state index < -0.39 is 9.73 Å². The number of ether oxygens (including phenoxy) is 1. The van der Waals surface area contributed by atoms with Crippen molar-refractivity contribution >= 4 is 9.73 Å². The van der Waals surface area contributed by atoms with Gasteiger partial charge in [0.1, 0.15) is 5.75 Å². The van der Waals surface area contributed by atoms with E-state index in [0.29, 0.717) is 16.6 Å². The Morgan fingerprint density at radius 2 is 2.10 bits per heavy atom. The Morgan fingerprint density at radius 3 is 2.76 bits per heavy atom. The second-order valence-corrected chi connectivity index (χ2v) is 8.26. The lowest BCUT2D eigenvalue weighted by Gasteiger charge is -2.21. The van der Waals surface area contributed by atoms with Crippen molar-refractivity contribution in [1.82, 2.24) is 0 Å². The van der Waals surface area contributed by atoms with E-state index in [0.717, 1.165) is 6.61 Å². The van der Waals surface area contributed by atoms with Crippen molar-refractivity contribution in [3.05, 3.63) is 24.3 Å². The Kier molecular flexibility index (Phi) is 5.65. The van der Waals surface area contributed by atoms with Crippen LogP contribution in [0, 0.1) is 10.7 Å². The molecule has 1 fully saturated rings. The van der Waals surface area contributed by atoms with Gasteiger partial charge >= 0.3 is 0 Å². The van der Waals surface area contributed by atoms with Gasteiger partial charge in [0.05, 0.1) is 27.0 Å². The number of nitrogens with two attached hydrogens (primary N) is 1. The van der Waals surface area contributed by atoms with Crippen LogP contribution in [0.1, 0.15) is 39.0 Å². The van der Waals surface area contributed by atoms with Crippen LogP contribution in [0.25, 0.3) is 0 Å². The summed E-state index contributed by atoms with van der Waals surface area (Å²) in [5.41, 5.74) is 5.68. The Morgan fingerprint density at radius 1 is 1.38 bits per heavy atom. The lowest BCUT2D eigenvalue weighted by molar-refractivity contribution is 0.208. The Bertz CT molecular complexity index is 549. The van der Waals surface area contributed by atoms with Crippen LogP contribution < -0.4 is 10.5 Å². The van der Waals surface area contributed by atoms with Gasteiger partial charge in [0.2, 0.25) is 0 Å². The summed E-state index contributed by atoms with van der Waals surface area (Å²) in [5, 5.41) is 0. The van der Waals surface area contributed by atoms with Crippen LogP contribution in [0.15, 0.2) is 29.2 Å². The first kappa shape index (κ1) is 16.3. The highest BCUT2D eigenvalue weighted by molar-refractivity contribution is 7.92. The fourth-order valence-corrected chi connectivity index (χ4v) is 4.34. The van der Waals surface area contributed by atoms with Crippen LogP contribution in [0.2, 0.25) is 0 Å². The molecule has 1 aliphatic carbocycles. The molecule has 4 nitrogen and oxygen atoms in total. The van der Waals surface area contributed by atoms with Crippen LogP contribution in [0.5, 0.6) is 5.75 Å². The summed E-state index contributed by atoms with van der Waals surface area (Å²) < 4.78 is 26.2. The van der Waals surface area contributed by atoms with Gasteiger partial charge in [0.25, 0.3) is 0 Å². The van der Waals surface area contributed by atoms with Gasteiger partial charge in [-0.3, -0.25) is 0 Å².